The molecular weight excluding hydrogens is 258 g/mol. The monoisotopic (exact) mass is 271 g/mol. The maximum absolute atomic E-state index is 5.71. The van der Waals surface area contributed by atoms with Crippen molar-refractivity contribution in [2.24, 2.45) is 0 Å². The second kappa shape index (κ2) is 5.32. The van der Waals surface area contributed by atoms with Crippen LogP contribution in [0.25, 0.3) is 11.1 Å². The third-order valence-corrected chi connectivity index (χ3v) is 3.59. The third-order valence-electron chi connectivity index (χ3n) is 2.76. The van der Waals surface area contributed by atoms with Gasteiger partial charge in [-0.25, -0.2) is 4.98 Å². The first kappa shape index (κ1) is 12.0. The summed E-state index contributed by atoms with van der Waals surface area (Å²) in [5.74, 6) is 0.923. The van der Waals surface area contributed by atoms with E-state index in [9.17, 15) is 0 Å². The molecule has 19 heavy (non-hydrogen) atoms. The SMILES string of the molecule is Nc1ccc2oc(SCCc3ccncc3)nc2c1. The van der Waals surface area contributed by atoms with Gasteiger partial charge in [0.15, 0.2) is 5.58 Å². The number of hydrogen-bond acceptors (Lipinski definition) is 5. The molecule has 0 aliphatic carbocycles. The summed E-state index contributed by atoms with van der Waals surface area (Å²) in [6.45, 7) is 0. The predicted molar refractivity (Wildman–Crippen MR) is 77.1 cm³/mol. The van der Waals surface area contributed by atoms with Crippen LogP contribution in [0, 0.1) is 0 Å². The van der Waals surface area contributed by atoms with Gasteiger partial charge in [-0.05, 0) is 42.3 Å². The van der Waals surface area contributed by atoms with E-state index in [0.717, 1.165) is 23.3 Å². The van der Waals surface area contributed by atoms with Crippen molar-refractivity contribution in [3.05, 3.63) is 48.3 Å². The zero-order chi connectivity index (χ0) is 13.1. The van der Waals surface area contributed by atoms with Crippen LogP contribution in [0.1, 0.15) is 5.56 Å². The smallest absolute Gasteiger partial charge is 0.256 e. The molecule has 1 aromatic carbocycles. The van der Waals surface area contributed by atoms with E-state index in [2.05, 4.69) is 9.97 Å². The van der Waals surface area contributed by atoms with Gasteiger partial charge >= 0.3 is 0 Å². The maximum atomic E-state index is 5.71. The van der Waals surface area contributed by atoms with Crippen molar-refractivity contribution < 1.29 is 4.42 Å². The molecule has 3 aromatic rings. The summed E-state index contributed by atoms with van der Waals surface area (Å²) in [6, 6.07) is 9.54. The van der Waals surface area contributed by atoms with Gasteiger partial charge < -0.3 is 10.2 Å². The average molecular weight is 271 g/mol. The van der Waals surface area contributed by atoms with Crippen molar-refractivity contribution in [1.29, 1.82) is 0 Å². The summed E-state index contributed by atoms with van der Waals surface area (Å²) in [6.07, 6.45) is 4.58. The van der Waals surface area contributed by atoms with Crippen LogP contribution in [-0.4, -0.2) is 15.7 Å². The van der Waals surface area contributed by atoms with Gasteiger partial charge in [0.05, 0.1) is 0 Å². The molecule has 3 rings (SSSR count). The van der Waals surface area contributed by atoms with Crippen LogP contribution in [0.3, 0.4) is 0 Å². The zero-order valence-corrected chi connectivity index (χ0v) is 11.1. The summed E-state index contributed by atoms with van der Waals surface area (Å²) in [4.78, 5) is 8.41. The highest BCUT2D eigenvalue weighted by Crippen LogP contribution is 2.25. The molecule has 0 saturated carbocycles. The van der Waals surface area contributed by atoms with E-state index in [1.807, 2.05) is 42.7 Å². The molecule has 2 aromatic heterocycles. The van der Waals surface area contributed by atoms with E-state index in [-0.39, 0.29) is 0 Å². The number of oxazole rings is 1. The lowest BCUT2D eigenvalue weighted by Gasteiger charge is -1.97. The molecule has 96 valence electrons. The number of rotatable bonds is 4. The Bertz CT molecular complexity index is 681. The number of nitrogens with zero attached hydrogens (tertiary/aromatic N) is 2. The van der Waals surface area contributed by atoms with Crippen LogP contribution in [-0.2, 0) is 6.42 Å². The Balaban J connectivity index is 1.65. The number of aromatic nitrogens is 2. The minimum atomic E-state index is 0.689. The minimum absolute atomic E-state index is 0.689. The highest BCUT2D eigenvalue weighted by molar-refractivity contribution is 7.99. The van der Waals surface area contributed by atoms with Crippen molar-refractivity contribution in [2.75, 3.05) is 11.5 Å². The highest BCUT2D eigenvalue weighted by atomic mass is 32.2. The number of fused-ring (bicyclic) bond motifs is 1. The maximum Gasteiger partial charge on any atom is 0.256 e. The van der Waals surface area contributed by atoms with Crippen LogP contribution in [0.5, 0.6) is 0 Å². The first-order valence-corrected chi connectivity index (χ1v) is 6.97. The Morgan fingerprint density at radius 2 is 2.00 bits per heavy atom. The van der Waals surface area contributed by atoms with E-state index in [0.29, 0.717) is 10.9 Å². The average Bonchev–Trinajstić information content (AvgIpc) is 2.82. The van der Waals surface area contributed by atoms with Gasteiger partial charge in [0.2, 0.25) is 0 Å². The van der Waals surface area contributed by atoms with Crippen molar-refractivity contribution >= 4 is 28.5 Å². The summed E-state index contributed by atoms with van der Waals surface area (Å²) in [7, 11) is 0. The number of pyridine rings is 1. The number of anilines is 1. The molecule has 0 radical (unpaired) electrons. The number of aryl methyl sites for hydroxylation is 1. The van der Waals surface area contributed by atoms with E-state index in [4.69, 9.17) is 10.2 Å². The second-order valence-electron chi connectivity index (χ2n) is 4.16. The van der Waals surface area contributed by atoms with Gasteiger partial charge in [-0.2, -0.15) is 0 Å². The van der Waals surface area contributed by atoms with Gasteiger partial charge in [-0.1, -0.05) is 11.8 Å². The first-order chi connectivity index (χ1) is 9.31. The predicted octanol–water partition coefficient (Wildman–Crippen LogP) is 3.14. The van der Waals surface area contributed by atoms with Crippen molar-refractivity contribution in [3.8, 4) is 0 Å². The molecule has 2 N–H and O–H groups in total. The topological polar surface area (TPSA) is 64.9 Å². The van der Waals surface area contributed by atoms with Crippen molar-refractivity contribution in [3.63, 3.8) is 0 Å². The minimum Gasteiger partial charge on any atom is -0.431 e. The van der Waals surface area contributed by atoms with E-state index in [1.165, 1.54) is 5.56 Å². The molecule has 2 heterocycles. The molecule has 5 heteroatoms. The largest absolute Gasteiger partial charge is 0.431 e. The summed E-state index contributed by atoms with van der Waals surface area (Å²) >= 11 is 1.61. The lowest BCUT2D eigenvalue weighted by molar-refractivity contribution is 0.489. The summed E-state index contributed by atoms with van der Waals surface area (Å²) in [5, 5.41) is 0.689. The molecule has 0 spiro atoms. The second-order valence-corrected chi connectivity index (χ2v) is 5.21. The zero-order valence-electron chi connectivity index (χ0n) is 10.2. The quantitative estimate of drug-likeness (QED) is 0.583. The van der Waals surface area contributed by atoms with E-state index >= 15 is 0 Å². The van der Waals surface area contributed by atoms with Gasteiger partial charge in [0, 0.05) is 23.8 Å². The van der Waals surface area contributed by atoms with Crippen LogP contribution in [0.4, 0.5) is 5.69 Å². The summed E-state index contributed by atoms with van der Waals surface area (Å²) < 4.78 is 5.64. The number of nitrogen functional groups attached to an aromatic ring is 1. The van der Waals surface area contributed by atoms with Crippen molar-refractivity contribution in [1.82, 2.24) is 9.97 Å². The fourth-order valence-corrected chi connectivity index (χ4v) is 2.61. The Kier molecular flexibility index (Phi) is 3.37. The molecule has 0 atom stereocenters. The number of nitrogens with two attached hydrogens (primary N) is 1. The Hall–Kier alpha value is -2.01. The first-order valence-electron chi connectivity index (χ1n) is 5.99. The molecule has 0 unspecified atom stereocenters. The standard InChI is InChI=1S/C14H13N3OS/c15-11-1-2-13-12(9-11)17-14(18-13)19-8-5-10-3-6-16-7-4-10/h1-4,6-7,9H,5,8,15H2. The number of thioether (sulfide) groups is 1. The highest BCUT2D eigenvalue weighted by Gasteiger charge is 2.06. The van der Waals surface area contributed by atoms with Crippen LogP contribution >= 0.6 is 11.8 Å². The Labute approximate surface area is 115 Å². The molecule has 0 amide bonds. The lowest BCUT2D eigenvalue weighted by atomic mass is 10.2. The fraction of sp³-hybridized carbons (Fsp3) is 0.143. The normalized spacial score (nSPS) is 10.9. The Morgan fingerprint density at radius 3 is 2.84 bits per heavy atom. The summed E-state index contributed by atoms with van der Waals surface area (Å²) in [5.41, 5.74) is 9.27. The molecule has 0 aliphatic rings. The van der Waals surface area contributed by atoms with Gasteiger partial charge in [0.25, 0.3) is 5.22 Å². The van der Waals surface area contributed by atoms with Gasteiger partial charge in [-0.3, -0.25) is 4.98 Å². The Morgan fingerprint density at radius 1 is 1.16 bits per heavy atom. The molecule has 0 fully saturated rings. The molecule has 0 saturated heterocycles. The third kappa shape index (κ3) is 2.88. The fourth-order valence-electron chi connectivity index (χ4n) is 1.79. The number of benzene rings is 1. The lowest BCUT2D eigenvalue weighted by Crippen LogP contribution is -1.88. The van der Waals surface area contributed by atoms with Crippen LogP contribution < -0.4 is 5.73 Å². The molecule has 0 bridgehead atoms. The van der Waals surface area contributed by atoms with E-state index in [1.54, 1.807) is 11.8 Å². The molecule has 0 aliphatic heterocycles. The van der Waals surface area contributed by atoms with Gasteiger partial charge in [0.1, 0.15) is 5.52 Å². The van der Waals surface area contributed by atoms with Crippen LogP contribution in [0.15, 0.2) is 52.4 Å². The molecule has 4 nitrogen and oxygen atoms in total. The number of hydrogen-bond donors (Lipinski definition) is 1. The van der Waals surface area contributed by atoms with E-state index < -0.39 is 0 Å². The van der Waals surface area contributed by atoms with Crippen LogP contribution in [0.2, 0.25) is 0 Å². The van der Waals surface area contributed by atoms with Gasteiger partial charge in [-0.15, -0.1) is 0 Å². The van der Waals surface area contributed by atoms with Crippen molar-refractivity contribution in [2.45, 2.75) is 11.6 Å². The molecular formula is C14H13N3OS.